The van der Waals surface area contributed by atoms with E-state index in [9.17, 15) is 4.79 Å². The molecule has 24 heavy (non-hydrogen) atoms. The molecule has 7 heteroatoms. The first-order chi connectivity index (χ1) is 11.4. The zero-order valence-corrected chi connectivity index (χ0v) is 14.9. The molecule has 1 amide bonds. The van der Waals surface area contributed by atoms with Crippen LogP contribution in [0.2, 0.25) is 0 Å². The van der Waals surface area contributed by atoms with Crippen molar-refractivity contribution < 1.29 is 9.32 Å². The van der Waals surface area contributed by atoms with E-state index in [-0.39, 0.29) is 18.4 Å². The Balaban J connectivity index is 1.92. The summed E-state index contributed by atoms with van der Waals surface area (Å²) < 4.78 is 5.11. The minimum Gasteiger partial charge on any atom is -0.359 e. The normalized spacial score (nSPS) is 11.1. The lowest BCUT2D eigenvalue weighted by Crippen LogP contribution is -2.25. The van der Waals surface area contributed by atoms with Crippen LogP contribution in [0, 0.1) is 5.92 Å². The Morgan fingerprint density at radius 1 is 1.29 bits per heavy atom. The van der Waals surface area contributed by atoms with Crippen molar-refractivity contribution in [3.8, 4) is 0 Å². The van der Waals surface area contributed by atoms with Crippen molar-refractivity contribution in [1.29, 1.82) is 0 Å². The molecule has 0 atom stereocenters. The van der Waals surface area contributed by atoms with Crippen molar-refractivity contribution in [2.24, 2.45) is 5.92 Å². The molecule has 2 rings (SSSR count). The number of amides is 1. The zero-order valence-electron chi connectivity index (χ0n) is 14.9. The molecule has 7 nitrogen and oxygen atoms in total. The van der Waals surface area contributed by atoms with Crippen molar-refractivity contribution in [1.82, 2.24) is 20.4 Å². The highest BCUT2D eigenvalue weighted by atomic mass is 16.5. The number of nitrogens with one attached hydrogen (secondary N) is 1. The summed E-state index contributed by atoms with van der Waals surface area (Å²) in [7, 11) is 1.99. The van der Waals surface area contributed by atoms with E-state index in [0.29, 0.717) is 23.2 Å². The van der Waals surface area contributed by atoms with Crippen LogP contribution in [0.25, 0.3) is 0 Å². The van der Waals surface area contributed by atoms with Crippen LogP contribution in [0.15, 0.2) is 22.9 Å². The van der Waals surface area contributed by atoms with Gasteiger partial charge in [0.05, 0.1) is 12.1 Å². The van der Waals surface area contributed by atoms with Gasteiger partial charge in [0.2, 0.25) is 5.89 Å². The summed E-state index contributed by atoms with van der Waals surface area (Å²) in [6.45, 7) is 9.39. The fraction of sp³-hybridized carbons (Fsp3) is 0.529. The van der Waals surface area contributed by atoms with Gasteiger partial charge in [-0.3, -0.25) is 4.79 Å². The largest absolute Gasteiger partial charge is 0.359 e. The molecular formula is C17H25N5O2. The first kappa shape index (κ1) is 17.9. The fourth-order valence-corrected chi connectivity index (χ4v) is 2.22. The topological polar surface area (TPSA) is 84.2 Å². The Labute approximate surface area is 142 Å². The molecule has 0 aliphatic rings. The van der Waals surface area contributed by atoms with Crippen LogP contribution in [0.5, 0.6) is 0 Å². The van der Waals surface area contributed by atoms with Gasteiger partial charge < -0.3 is 14.7 Å². The van der Waals surface area contributed by atoms with Crippen molar-refractivity contribution in [3.63, 3.8) is 0 Å². The van der Waals surface area contributed by atoms with E-state index in [1.165, 1.54) is 0 Å². The maximum atomic E-state index is 12.2. The predicted octanol–water partition coefficient (Wildman–Crippen LogP) is 2.61. The molecule has 0 radical (unpaired) electrons. The maximum Gasteiger partial charge on any atom is 0.253 e. The minimum atomic E-state index is -0.212. The summed E-state index contributed by atoms with van der Waals surface area (Å²) >= 11 is 0. The second-order valence-corrected chi connectivity index (χ2v) is 6.57. The van der Waals surface area contributed by atoms with Crippen LogP contribution < -0.4 is 10.2 Å². The number of pyridine rings is 1. The monoisotopic (exact) mass is 331 g/mol. The van der Waals surface area contributed by atoms with E-state index >= 15 is 0 Å². The quantitative estimate of drug-likeness (QED) is 0.839. The number of nitrogens with zero attached hydrogens (tertiary/aromatic N) is 4. The highest BCUT2D eigenvalue weighted by Gasteiger charge is 2.12. The van der Waals surface area contributed by atoms with Gasteiger partial charge in [-0.25, -0.2) is 4.98 Å². The standard InChI is InChI=1S/C17H25N5O2/c1-11(2)10-22(5)15-7-6-13(8-18-15)16(23)19-9-14-20-17(12(3)4)24-21-14/h6-8,11-12H,9-10H2,1-5H3,(H,19,23). The number of carbonyl (C=O) groups is 1. The molecule has 0 aliphatic carbocycles. The lowest BCUT2D eigenvalue weighted by Gasteiger charge is -2.20. The Morgan fingerprint density at radius 3 is 2.58 bits per heavy atom. The molecule has 2 aromatic rings. The average Bonchev–Trinajstić information content (AvgIpc) is 3.01. The molecule has 0 fully saturated rings. The molecule has 0 aromatic carbocycles. The Bertz CT molecular complexity index is 664. The van der Waals surface area contributed by atoms with E-state index in [4.69, 9.17) is 4.52 Å². The molecule has 0 unspecified atom stereocenters. The van der Waals surface area contributed by atoms with Crippen molar-refractivity contribution >= 4 is 11.7 Å². The van der Waals surface area contributed by atoms with E-state index in [2.05, 4.69) is 39.2 Å². The first-order valence-corrected chi connectivity index (χ1v) is 8.14. The number of rotatable bonds is 7. The van der Waals surface area contributed by atoms with Crippen molar-refractivity contribution in [2.45, 2.75) is 40.2 Å². The van der Waals surface area contributed by atoms with Gasteiger partial charge in [-0.2, -0.15) is 4.98 Å². The predicted molar refractivity (Wildman–Crippen MR) is 91.9 cm³/mol. The molecule has 2 heterocycles. The van der Waals surface area contributed by atoms with E-state index in [0.717, 1.165) is 12.4 Å². The molecule has 0 saturated carbocycles. The van der Waals surface area contributed by atoms with Crippen LogP contribution in [0.3, 0.4) is 0 Å². The summed E-state index contributed by atoms with van der Waals surface area (Å²) in [6, 6.07) is 3.62. The summed E-state index contributed by atoms with van der Waals surface area (Å²) in [5, 5.41) is 6.62. The van der Waals surface area contributed by atoms with Gasteiger partial charge in [-0.05, 0) is 18.1 Å². The van der Waals surface area contributed by atoms with Gasteiger partial charge in [0, 0.05) is 25.7 Å². The fourth-order valence-electron chi connectivity index (χ4n) is 2.22. The van der Waals surface area contributed by atoms with Crippen LogP contribution in [-0.4, -0.2) is 34.6 Å². The molecule has 0 bridgehead atoms. The Kier molecular flexibility index (Phi) is 5.89. The number of hydrogen-bond acceptors (Lipinski definition) is 6. The SMILES string of the molecule is CC(C)CN(C)c1ccc(C(=O)NCc2noc(C(C)C)n2)cn1. The first-order valence-electron chi connectivity index (χ1n) is 8.14. The maximum absolute atomic E-state index is 12.2. The summed E-state index contributed by atoms with van der Waals surface area (Å²) in [4.78, 5) is 22.8. The van der Waals surface area contributed by atoms with Gasteiger partial charge in [-0.15, -0.1) is 0 Å². The van der Waals surface area contributed by atoms with Crippen LogP contribution in [0.4, 0.5) is 5.82 Å². The molecule has 0 spiro atoms. The van der Waals surface area contributed by atoms with E-state index in [1.807, 2.05) is 27.0 Å². The summed E-state index contributed by atoms with van der Waals surface area (Å²) in [6.07, 6.45) is 1.58. The molecule has 0 aliphatic heterocycles. The number of hydrogen-bond donors (Lipinski definition) is 1. The zero-order chi connectivity index (χ0) is 17.7. The molecule has 0 saturated heterocycles. The van der Waals surface area contributed by atoms with Gasteiger partial charge in [0.25, 0.3) is 5.91 Å². The smallest absolute Gasteiger partial charge is 0.253 e. The third-order valence-electron chi connectivity index (χ3n) is 3.42. The number of carbonyl (C=O) groups excluding carboxylic acids is 1. The van der Waals surface area contributed by atoms with Crippen LogP contribution in [0.1, 0.15) is 55.7 Å². The van der Waals surface area contributed by atoms with Crippen LogP contribution in [-0.2, 0) is 6.54 Å². The number of anilines is 1. The third-order valence-corrected chi connectivity index (χ3v) is 3.42. The Morgan fingerprint density at radius 2 is 2.04 bits per heavy atom. The van der Waals surface area contributed by atoms with Gasteiger partial charge in [0.1, 0.15) is 5.82 Å². The van der Waals surface area contributed by atoms with E-state index in [1.54, 1.807) is 12.3 Å². The highest BCUT2D eigenvalue weighted by Crippen LogP contribution is 2.12. The lowest BCUT2D eigenvalue weighted by molar-refractivity contribution is 0.0949. The molecule has 130 valence electrons. The van der Waals surface area contributed by atoms with Crippen molar-refractivity contribution in [2.75, 3.05) is 18.5 Å². The minimum absolute atomic E-state index is 0.168. The second-order valence-electron chi connectivity index (χ2n) is 6.57. The molecule has 2 aromatic heterocycles. The molecular weight excluding hydrogens is 306 g/mol. The Hall–Kier alpha value is -2.44. The molecule has 1 N–H and O–H groups in total. The highest BCUT2D eigenvalue weighted by molar-refractivity contribution is 5.93. The van der Waals surface area contributed by atoms with Crippen molar-refractivity contribution in [3.05, 3.63) is 35.6 Å². The van der Waals surface area contributed by atoms with Gasteiger partial charge in [0.15, 0.2) is 5.82 Å². The number of aromatic nitrogens is 3. The summed E-state index contributed by atoms with van der Waals surface area (Å²) in [5.41, 5.74) is 0.504. The average molecular weight is 331 g/mol. The second kappa shape index (κ2) is 7.90. The van der Waals surface area contributed by atoms with Crippen LogP contribution >= 0.6 is 0 Å². The lowest BCUT2D eigenvalue weighted by atomic mass is 10.2. The van der Waals surface area contributed by atoms with Gasteiger partial charge >= 0.3 is 0 Å². The summed E-state index contributed by atoms with van der Waals surface area (Å²) in [5.74, 6) is 2.38. The third kappa shape index (κ3) is 4.78. The van der Waals surface area contributed by atoms with E-state index < -0.39 is 0 Å². The van der Waals surface area contributed by atoms with Gasteiger partial charge in [-0.1, -0.05) is 32.9 Å².